The van der Waals surface area contributed by atoms with Crippen LogP contribution in [-0.2, 0) is 11.3 Å². The zero-order valence-corrected chi connectivity index (χ0v) is 16.1. The van der Waals surface area contributed by atoms with Crippen LogP contribution in [0.5, 0.6) is 5.75 Å². The van der Waals surface area contributed by atoms with Gasteiger partial charge in [-0.2, -0.15) is 5.26 Å². The third kappa shape index (κ3) is 5.22. The summed E-state index contributed by atoms with van der Waals surface area (Å²) < 4.78 is 5.61. The molecule has 0 atom stereocenters. The average molecular weight is 384 g/mol. The van der Waals surface area contributed by atoms with E-state index in [9.17, 15) is 4.79 Å². The number of halogens is 1. The molecule has 0 radical (unpaired) electrons. The van der Waals surface area contributed by atoms with Crippen LogP contribution < -0.4 is 4.74 Å². The lowest BCUT2D eigenvalue weighted by Crippen LogP contribution is -2.49. The van der Waals surface area contributed by atoms with Gasteiger partial charge in [-0.05, 0) is 48.4 Å². The lowest BCUT2D eigenvalue weighted by Gasteiger charge is -2.34. The Bertz CT molecular complexity index is 837. The van der Waals surface area contributed by atoms with E-state index < -0.39 is 0 Å². The van der Waals surface area contributed by atoms with E-state index in [4.69, 9.17) is 21.6 Å². The molecule has 2 aromatic rings. The molecule has 1 amide bonds. The summed E-state index contributed by atoms with van der Waals surface area (Å²) in [5.41, 5.74) is 2.78. The van der Waals surface area contributed by atoms with Crippen LogP contribution in [0, 0.1) is 18.3 Å². The van der Waals surface area contributed by atoms with Gasteiger partial charge >= 0.3 is 0 Å². The summed E-state index contributed by atoms with van der Waals surface area (Å²) in [5.74, 6) is 0.658. The summed E-state index contributed by atoms with van der Waals surface area (Å²) in [4.78, 5) is 16.5. The summed E-state index contributed by atoms with van der Waals surface area (Å²) in [7, 11) is 0. The van der Waals surface area contributed by atoms with E-state index in [0.29, 0.717) is 29.4 Å². The number of hydrogen-bond donors (Lipinski definition) is 0. The van der Waals surface area contributed by atoms with E-state index in [1.807, 2.05) is 42.2 Å². The maximum Gasteiger partial charge on any atom is 0.260 e. The van der Waals surface area contributed by atoms with E-state index in [2.05, 4.69) is 11.0 Å². The van der Waals surface area contributed by atoms with Crippen molar-refractivity contribution in [3.63, 3.8) is 0 Å². The number of nitriles is 1. The SMILES string of the molecule is Cc1cc(OCC(=O)N2CCN(Cc3ccc(C#N)cc3)CC2)ccc1Cl. The lowest BCUT2D eigenvalue weighted by molar-refractivity contribution is -0.135. The first-order valence-corrected chi connectivity index (χ1v) is 9.31. The fourth-order valence-electron chi connectivity index (χ4n) is 3.04. The van der Waals surface area contributed by atoms with Crippen LogP contribution in [0.2, 0.25) is 5.02 Å². The van der Waals surface area contributed by atoms with E-state index in [0.717, 1.165) is 25.2 Å². The van der Waals surface area contributed by atoms with Crippen molar-refractivity contribution in [1.29, 1.82) is 5.26 Å². The molecule has 3 rings (SSSR count). The van der Waals surface area contributed by atoms with E-state index >= 15 is 0 Å². The summed E-state index contributed by atoms with van der Waals surface area (Å²) in [6, 6.07) is 15.2. The number of amides is 1. The van der Waals surface area contributed by atoms with Crippen molar-refractivity contribution >= 4 is 17.5 Å². The number of aryl methyl sites for hydroxylation is 1. The molecule has 0 unspecified atom stereocenters. The van der Waals surface area contributed by atoms with Crippen molar-refractivity contribution in [3.05, 3.63) is 64.2 Å². The molecule has 1 aliphatic heterocycles. The predicted octanol–water partition coefficient (Wildman–Crippen LogP) is 3.24. The lowest BCUT2D eigenvalue weighted by atomic mass is 10.1. The molecule has 0 aliphatic carbocycles. The fourth-order valence-corrected chi connectivity index (χ4v) is 3.16. The largest absolute Gasteiger partial charge is 0.484 e. The van der Waals surface area contributed by atoms with Gasteiger partial charge in [0.2, 0.25) is 0 Å². The number of carbonyl (C=O) groups is 1. The Hall–Kier alpha value is -2.55. The highest BCUT2D eigenvalue weighted by Gasteiger charge is 2.21. The van der Waals surface area contributed by atoms with Crippen LogP contribution in [0.4, 0.5) is 0 Å². The summed E-state index contributed by atoms with van der Waals surface area (Å²) in [5, 5.41) is 9.55. The number of ether oxygens (including phenoxy) is 1. The van der Waals surface area contributed by atoms with Gasteiger partial charge in [0, 0.05) is 37.7 Å². The van der Waals surface area contributed by atoms with Crippen LogP contribution >= 0.6 is 11.6 Å². The number of hydrogen-bond acceptors (Lipinski definition) is 4. The van der Waals surface area contributed by atoms with Crippen LogP contribution in [0.1, 0.15) is 16.7 Å². The maximum absolute atomic E-state index is 12.4. The van der Waals surface area contributed by atoms with Crippen molar-refractivity contribution < 1.29 is 9.53 Å². The minimum atomic E-state index is 0.000580. The molecule has 1 saturated heterocycles. The second-order valence-electron chi connectivity index (χ2n) is 6.67. The van der Waals surface area contributed by atoms with Crippen molar-refractivity contribution in [2.75, 3.05) is 32.8 Å². The van der Waals surface area contributed by atoms with Gasteiger partial charge in [0.25, 0.3) is 5.91 Å². The number of rotatable bonds is 5. The Labute approximate surface area is 164 Å². The molecule has 6 heteroatoms. The Balaban J connectivity index is 1.44. The van der Waals surface area contributed by atoms with Gasteiger partial charge in [-0.15, -0.1) is 0 Å². The zero-order chi connectivity index (χ0) is 19.2. The van der Waals surface area contributed by atoms with E-state index in [1.54, 1.807) is 12.1 Å². The summed E-state index contributed by atoms with van der Waals surface area (Å²) in [6.07, 6.45) is 0. The molecular formula is C21H22ClN3O2. The van der Waals surface area contributed by atoms with Crippen molar-refractivity contribution in [1.82, 2.24) is 9.80 Å². The second-order valence-corrected chi connectivity index (χ2v) is 7.07. The third-order valence-corrected chi connectivity index (χ3v) is 5.13. The van der Waals surface area contributed by atoms with Crippen molar-refractivity contribution in [2.45, 2.75) is 13.5 Å². The van der Waals surface area contributed by atoms with Gasteiger partial charge in [0.1, 0.15) is 5.75 Å². The summed E-state index contributed by atoms with van der Waals surface area (Å²) >= 11 is 6.00. The van der Waals surface area contributed by atoms with Gasteiger partial charge in [-0.1, -0.05) is 23.7 Å². The first-order chi connectivity index (χ1) is 13.0. The van der Waals surface area contributed by atoms with E-state index in [-0.39, 0.29) is 12.5 Å². The predicted molar refractivity (Wildman–Crippen MR) is 105 cm³/mol. The van der Waals surface area contributed by atoms with Gasteiger partial charge < -0.3 is 9.64 Å². The summed E-state index contributed by atoms with van der Waals surface area (Å²) in [6.45, 7) is 5.81. The highest BCUT2D eigenvalue weighted by Crippen LogP contribution is 2.21. The second kappa shape index (κ2) is 8.90. The number of benzene rings is 2. The van der Waals surface area contributed by atoms with Crippen LogP contribution in [0.3, 0.4) is 0 Å². The average Bonchev–Trinajstić information content (AvgIpc) is 2.70. The Morgan fingerprint density at radius 3 is 2.48 bits per heavy atom. The van der Waals surface area contributed by atoms with Gasteiger partial charge in [0.15, 0.2) is 6.61 Å². The molecule has 5 nitrogen and oxygen atoms in total. The Morgan fingerprint density at radius 1 is 1.15 bits per heavy atom. The molecule has 0 saturated carbocycles. The molecule has 2 aromatic carbocycles. The zero-order valence-electron chi connectivity index (χ0n) is 15.3. The standard InChI is InChI=1S/C21H22ClN3O2/c1-16-12-19(6-7-20(16)22)27-15-21(26)25-10-8-24(9-11-25)14-18-4-2-17(13-23)3-5-18/h2-7,12H,8-11,14-15H2,1H3. The fraction of sp³-hybridized carbons (Fsp3) is 0.333. The highest BCUT2D eigenvalue weighted by molar-refractivity contribution is 6.31. The van der Waals surface area contributed by atoms with Gasteiger partial charge in [-0.25, -0.2) is 0 Å². The molecule has 1 heterocycles. The van der Waals surface area contributed by atoms with Gasteiger partial charge in [0.05, 0.1) is 11.6 Å². The number of piperazine rings is 1. The normalized spacial score (nSPS) is 14.6. The molecule has 0 spiro atoms. The molecule has 0 bridgehead atoms. The number of nitrogens with zero attached hydrogens (tertiary/aromatic N) is 3. The molecule has 1 fully saturated rings. The maximum atomic E-state index is 12.4. The third-order valence-electron chi connectivity index (χ3n) is 4.71. The van der Waals surface area contributed by atoms with Crippen LogP contribution in [-0.4, -0.2) is 48.5 Å². The molecule has 27 heavy (non-hydrogen) atoms. The first kappa shape index (κ1) is 19.2. The van der Waals surface area contributed by atoms with Gasteiger partial charge in [-0.3, -0.25) is 9.69 Å². The number of carbonyl (C=O) groups excluding carboxylic acids is 1. The Morgan fingerprint density at radius 2 is 1.85 bits per heavy atom. The topological polar surface area (TPSA) is 56.6 Å². The minimum absolute atomic E-state index is 0.000580. The van der Waals surface area contributed by atoms with Crippen LogP contribution in [0.15, 0.2) is 42.5 Å². The monoisotopic (exact) mass is 383 g/mol. The van der Waals surface area contributed by atoms with Crippen molar-refractivity contribution in [3.8, 4) is 11.8 Å². The van der Waals surface area contributed by atoms with Crippen molar-refractivity contribution in [2.24, 2.45) is 0 Å². The molecule has 140 valence electrons. The molecule has 1 aliphatic rings. The highest BCUT2D eigenvalue weighted by atomic mass is 35.5. The van der Waals surface area contributed by atoms with Crippen LogP contribution in [0.25, 0.3) is 0 Å². The molecule has 0 aromatic heterocycles. The smallest absolute Gasteiger partial charge is 0.260 e. The minimum Gasteiger partial charge on any atom is -0.484 e. The Kier molecular flexibility index (Phi) is 6.33. The quantitative estimate of drug-likeness (QED) is 0.795. The van der Waals surface area contributed by atoms with E-state index in [1.165, 1.54) is 5.56 Å². The first-order valence-electron chi connectivity index (χ1n) is 8.93. The molecule has 0 N–H and O–H groups in total. The molecular weight excluding hydrogens is 362 g/mol.